The van der Waals surface area contributed by atoms with E-state index in [2.05, 4.69) is 36.4 Å². The second-order valence-corrected chi connectivity index (χ2v) is 7.49. The molecule has 0 aliphatic carbocycles. The highest BCUT2D eigenvalue weighted by Crippen LogP contribution is 2.21. The summed E-state index contributed by atoms with van der Waals surface area (Å²) in [6.45, 7) is 1.63. The van der Waals surface area contributed by atoms with E-state index in [0.717, 1.165) is 11.1 Å². The number of nitrogens with one attached hydrogen (secondary N) is 5. The van der Waals surface area contributed by atoms with Gasteiger partial charge >= 0.3 is 0 Å². The molecule has 1 atom stereocenters. The van der Waals surface area contributed by atoms with Crippen molar-refractivity contribution in [2.75, 3.05) is 31.5 Å². The zero-order valence-electron chi connectivity index (χ0n) is 17.3. The zero-order chi connectivity index (χ0) is 22.3. The first-order valence-electron chi connectivity index (χ1n) is 10.4. The van der Waals surface area contributed by atoms with E-state index in [1.54, 1.807) is 30.6 Å². The Bertz CT molecular complexity index is 1090. The summed E-state index contributed by atoms with van der Waals surface area (Å²) in [7, 11) is 0. The van der Waals surface area contributed by atoms with Gasteiger partial charge in [0.1, 0.15) is 11.6 Å². The van der Waals surface area contributed by atoms with Crippen LogP contribution in [0.3, 0.4) is 0 Å². The molecule has 10 heteroatoms. The molecule has 32 heavy (non-hydrogen) atoms. The maximum Gasteiger partial charge on any atom is 0.255 e. The molecular weight excluding hydrogens is 413 g/mol. The Balaban J connectivity index is 1.47. The van der Waals surface area contributed by atoms with Gasteiger partial charge in [-0.2, -0.15) is 5.10 Å². The lowest BCUT2D eigenvalue weighted by atomic mass is 10.1. The Morgan fingerprint density at radius 3 is 2.94 bits per heavy atom. The normalized spacial score (nSPS) is 15.8. The number of hydrogen-bond donors (Lipinski definition) is 5. The minimum absolute atomic E-state index is 0.0960. The SMILES string of the molecule is O=C1CNC[C@@H](CNC(=O)c2ccc(-c3cn[nH]c3)nc2NCCc2cccc(F)c2)N1. The van der Waals surface area contributed by atoms with Crippen LogP contribution in [0.5, 0.6) is 0 Å². The summed E-state index contributed by atoms with van der Waals surface area (Å²) in [6.07, 6.45) is 3.94. The smallest absolute Gasteiger partial charge is 0.255 e. The van der Waals surface area contributed by atoms with Crippen molar-refractivity contribution < 1.29 is 14.0 Å². The van der Waals surface area contributed by atoms with Crippen LogP contribution in [-0.4, -0.2) is 59.2 Å². The minimum atomic E-state index is -0.302. The Morgan fingerprint density at radius 2 is 2.16 bits per heavy atom. The van der Waals surface area contributed by atoms with E-state index in [4.69, 9.17) is 0 Å². The molecule has 2 amide bonds. The van der Waals surface area contributed by atoms with Crippen molar-refractivity contribution in [2.45, 2.75) is 12.5 Å². The molecule has 0 radical (unpaired) electrons. The van der Waals surface area contributed by atoms with E-state index in [1.807, 2.05) is 6.07 Å². The number of carbonyl (C=O) groups excluding carboxylic acids is 2. The van der Waals surface area contributed by atoms with E-state index in [-0.39, 0.29) is 30.2 Å². The highest BCUT2D eigenvalue weighted by atomic mass is 19.1. The lowest BCUT2D eigenvalue weighted by Crippen LogP contribution is -2.56. The Morgan fingerprint density at radius 1 is 1.25 bits per heavy atom. The van der Waals surface area contributed by atoms with Crippen molar-refractivity contribution in [1.29, 1.82) is 0 Å². The molecule has 0 spiro atoms. The first-order valence-corrected chi connectivity index (χ1v) is 10.4. The predicted octanol–water partition coefficient (Wildman–Crippen LogP) is 1.08. The molecule has 5 N–H and O–H groups in total. The maximum atomic E-state index is 13.4. The molecule has 3 heterocycles. The van der Waals surface area contributed by atoms with Crippen molar-refractivity contribution in [3.05, 3.63) is 65.7 Å². The van der Waals surface area contributed by atoms with Gasteiger partial charge in [0.05, 0.1) is 30.0 Å². The number of rotatable bonds is 8. The molecule has 9 nitrogen and oxygen atoms in total. The van der Waals surface area contributed by atoms with Gasteiger partial charge in [0.25, 0.3) is 5.91 Å². The lowest BCUT2D eigenvalue weighted by molar-refractivity contribution is -0.122. The van der Waals surface area contributed by atoms with E-state index < -0.39 is 0 Å². The molecule has 166 valence electrons. The molecule has 0 bridgehead atoms. The molecule has 0 saturated carbocycles. The molecule has 3 aromatic rings. The average Bonchev–Trinajstić information content (AvgIpc) is 3.33. The molecule has 1 aliphatic rings. The van der Waals surface area contributed by atoms with Gasteiger partial charge in [-0.1, -0.05) is 12.1 Å². The fourth-order valence-electron chi connectivity index (χ4n) is 3.47. The van der Waals surface area contributed by atoms with Gasteiger partial charge < -0.3 is 21.3 Å². The fraction of sp³-hybridized carbons (Fsp3) is 0.273. The summed E-state index contributed by atoms with van der Waals surface area (Å²) in [4.78, 5) is 29.0. The minimum Gasteiger partial charge on any atom is -0.369 e. The number of carbonyl (C=O) groups is 2. The monoisotopic (exact) mass is 437 g/mol. The second kappa shape index (κ2) is 10.0. The van der Waals surface area contributed by atoms with Crippen LogP contribution in [0, 0.1) is 5.82 Å². The molecule has 1 saturated heterocycles. The number of anilines is 1. The first-order chi connectivity index (χ1) is 15.6. The number of nitrogens with zero attached hydrogens (tertiary/aromatic N) is 2. The van der Waals surface area contributed by atoms with Crippen LogP contribution in [0.25, 0.3) is 11.3 Å². The van der Waals surface area contributed by atoms with E-state index >= 15 is 0 Å². The van der Waals surface area contributed by atoms with Gasteiger partial charge in [-0.3, -0.25) is 14.7 Å². The Labute approximate surface area is 184 Å². The molecule has 2 aromatic heterocycles. The van der Waals surface area contributed by atoms with Crippen LogP contribution in [0.4, 0.5) is 10.2 Å². The second-order valence-electron chi connectivity index (χ2n) is 7.49. The van der Waals surface area contributed by atoms with Gasteiger partial charge in [-0.15, -0.1) is 0 Å². The Hall–Kier alpha value is -3.79. The number of H-pyrrole nitrogens is 1. The lowest BCUT2D eigenvalue weighted by Gasteiger charge is -2.24. The number of hydrogen-bond acceptors (Lipinski definition) is 6. The number of pyridine rings is 1. The zero-order valence-corrected chi connectivity index (χ0v) is 17.3. The third kappa shape index (κ3) is 5.46. The third-order valence-corrected chi connectivity index (χ3v) is 5.08. The van der Waals surface area contributed by atoms with E-state index in [9.17, 15) is 14.0 Å². The van der Waals surface area contributed by atoms with Crippen LogP contribution in [0.2, 0.25) is 0 Å². The van der Waals surface area contributed by atoms with Gasteiger partial charge in [0.2, 0.25) is 5.91 Å². The van der Waals surface area contributed by atoms with Crippen molar-refractivity contribution in [2.24, 2.45) is 0 Å². The number of halogens is 1. The molecule has 0 unspecified atom stereocenters. The summed E-state index contributed by atoms with van der Waals surface area (Å²) in [5, 5.41) is 18.6. The molecule has 1 aromatic carbocycles. The van der Waals surface area contributed by atoms with Crippen LogP contribution >= 0.6 is 0 Å². The Kier molecular flexibility index (Phi) is 6.71. The maximum absolute atomic E-state index is 13.4. The first kappa shape index (κ1) is 21.4. The molecule has 1 aliphatic heterocycles. The summed E-state index contributed by atoms with van der Waals surface area (Å²) >= 11 is 0. The van der Waals surface area contributed by atoms with E-state index in [0.29, 0.717) is 43.1 Å². The van der Waals surface area contributed by atoms with Crippen molar-refractivity contribution in [3.8, 4) is 11.3 Å². The van der Waals surface area contributed by atoms with Crippen LogP contribution in [0.15, 0.2) is 48.8 Å². The van der Waals surface area contributed by atoms with Gasteiger partial charge in [-0.05, 0) is 36.2 Å². The number of aromatic nitrogens is 3. The molecule has 4 rings (SSSR count). The summed E-state index contributed by atoms with van der Waals surface area (Å²) in [5.41, 5.74) is 2.68. The van der Waals surface area contributed by atoms with Crippen molar-refractivity contribution >= 4 is 17.6 Å². The van der Waals surface area contributed by atoms with Crippen LogP contribution in [-0.2, 0) is 11.2 Å². The summed E-state index contributed by atoms with van der Waals surface area (Å²) in [6, 6.07) is 9.67. The van der Waals surface area contributed by atoms with Gasteiger partial charge in [0, 0.05) is 31.4 Å². The van der Waals surface area contributed by atoms with Crippen molar-refractivity contribution in [1.82, 2.24) is 31.1 Å². The highest BCUT2D eigenvalue weighted by Gasteiger charge is 2.20. The summed E-state index contributed by atoms with van der Waals surface area (Å²) < 4.78 is 13.4. The molecule has 1 fully saturated rings. The number of amides is 2. The van der Waals surface area contributed by atoms with Crippen LogP contribution < -0.4 is 21.3 Å². The predicted molar refractivity (Wildman–Crippen MR) is 118 cm³/mol. The number of benzene rings is 1. The fourth-order valence-corrected chi connectivity index (χ4v) is 3.47. The van der Waals surface area contributed by atoms with Crippen LogP contribution in [0.1, 0.15) is 15.9 Å². The molecular formula is C22H24FN7O2. The van der Waals surface area contributed by atoms with Gasteiger partial charge in [0.15, 0.2) is 0 Å². The van der Waals surface area contributed by atoms with Crippen molar-refractivity contribution in [3.63, 3.8) is 0 Å². The number of aromatic amines is 1. The topological polar surface area (TPSA) is 124 Å². The van der Waals surface area contributed by atoms with E-state index in [1.165, 1.54) is 12.1 Å². The van der Waals surface area contributed by atoms with Gasteiger partial charge in [-0.25, -0.2) is 9.37 Å². The number of piperazine rings is 1. The summed E-state index contributed by atoms with van der Waals surface area (Å²) in [5.74, 6) is -0.263. The third-order valence-electron chi connectivity index (χ3n) is 5.08. The quantitative estimate of drug-likeness (QED) is 0.359. The average molecular weight is 437 g/mol. The standard InChI is InChI=1S/C22H24FN7O2/c23-16-3-1-2-14(8-16)6-7-25-21-18(4-5-19(30-21)15-9-27-28-10-15)22(32)26-12-17-11-24-13-20(31)29-17/h1-5,8-10,17,24H,6-7,11-13H2,(H,25,30)(H,26,32)(H,27,28)(H,29,31)/t17-/m0/s1. The largest absolute Gasteiger partial charge is 0.369 e. The highest BCUT2D eigenvalue weighted by molar-refractivity contribution is 5.99.